The Morgan fingerprint density at radius 2 is 1.17 bits per heavy atom. The molecule has 0 spiro atoms. The first-order chi connectivity index (χ1) is 13.6. The van der Waals surface area contributed by atoms with Gasteiger partial charge in [0.2, 0.25) is 11.1 Å². The van der Waals surface area contributed by atoms with Gasteiger partial charge in [0.25, 0.3) is 0 Å². The molecule has 0 aliphatic heterocycles. The number of nitrogens with one attached hydrogen (secondary N) is 1. The summed E-state index contributed by atoms with van der Waals surface area (Å²) < 4.78 is 0. The zero-order valence-electron chi connectivity index (χ0n) is 14.8. The van der Waals surface area contributed by atoms with E-state index in [0.29, 0.717) is 11.4 Å². The molecule has 0 aliphatic rings. The molecule has 0 saturated carbocycles. The van der Waals surface area contributed by atoms with Gasteiger partial charge in [0.1, 0.15) is 5.88 Å². The molecule has 0 fully saturated rings. The monoisotopic (exact) mass is 462 g/mol. The van der Waals surface area contributed by atoms with Crippen molar-refractivity contribution in [3.8, 4) is 0 Å². The number of alkyl halides is 2. The number of nitrogen functional groups attached to an aromatic ring is 1. The average Bonchev–Trinajstić information content (AvgIpc) is 2.69. The summed E-state index contributed by atoms with van der Waals surface area (Å²) in [5.41, 5.74) is 6.87. The van der Waals surface area contributed by atoms with Crippen molar-refractivity contribution in [3.63, 3.8) is 0 Å². The van der Waals surface area contributed by atoms with E-state index in [1.165, 1.54) is 36.4 Å². The predicted octanol–water partition coefficient (Wildman–Crippen LogP) is 3.52. The van der Waals surface area contributed by atoms with Gasteiger partial charge in [-0.25, -0.2) is 9.59 Å². The minimum Gasteiger partial charge on any atom is -0.478 e. The summed E-state index contributed by atoms with van der Waals surface area (Å²) in [6.45, 7) is 0. The van der Waals surface area contributed by atoms with Gasteiger partial charge in [-0.2, -0.15) is 0 Å². The van der Waals surface area contributed by atoms with Crippen molar-refractivity contribution in [2.75, 3.05) is 22.8 Å². The van der Waals surface area contributed by atoms with E-state index >= 15 is 0 Å². The SMILES string of the molecule is Nc1ccc(C(=O)O)cc1.O=C(CCl)Nc1ccc(C(=O)O)cc1.O=C(Cl)CCl. The molecular weight excluding hydrogens is 447 g/mol. The van der Waals surface area contributed by atoms with Crippen LogP contribution in [-0.4, -0.2) is 45.1 Å². The lowest BCUT2D eigenvalue weighted by Crippen LogP contribution is -2.12. The number of rotatable bonds is 5. The number of aromatic carboxylic acids is 2. The number of hydrogen-bond acceptors (Lipinski definition) is 5. The van der Waals surface area contributed by atoms with Gasteiger partial charge in [-0.15, -0.1) is 23.2 Å². The molecule has 2 aromatic rings. The molecule has 0 heterocycles. The van der Waals surface area contributed by atoms with Gasteiger partial charge < -0.3 is 21.3 Å². The number of carbonyl (C=O) groups is 4. The van der Waals surface area contributed by atoms with Crippen LogP contribution in [0, 0.1) is 0 Å². The number of carboxylic acid groups (broad SMARTS) is 2. The Kier molecular flexibility index (Phi) is 12.8. The molecular formula is C18H17Cl3N2O6. The summed E-state index contributed by atoms with van der Waals surface area (Å²) in [6, 6.07) is 11.9. The zero-order chi connectivity index (χ0) is 22.4. The fourth-order valence-electron chi connectivity index (χ4n) is 1.52. The zero-order valence-corrected chi connectivity index (χ0v) is 17.0. The van der Waals surface area contributed by atoms with Crippen molar-refractivity contribution in [3.05, 3.63) is 59.7 Å². The number of hydrogen-bond donors (Lipinski definition) is 4. The Labute approximate surface area is 181 Å². The number of amides is 1. The van der Waals surface area contributed by atoms with Crippen molar-refractivity contribution < 1.29 is 29.4 Å². The normalized spacial score (nSPS) is 9.07. The van der Waals surface area contributed by atoms with Gasteiger partial charge >= 0.3 is 11.9 Å². The molecule has 2 rings (SSSR count). The maximum absolute atomic E-state index is 10.8. The van der Waals surface area contributed by atoms with E-state index in [2.05, 4.69) is 5.32 Å². The largest absolute Gasteiger partial charge is 0.478 e. The minimum absolute atomic E-state index is 0.0957. The van der Waals surface area contributed by atoms with E-state index in [9.17, 15) is 19.2 Å². The van der Waals surface area contributed by atoms with Crippen LogP contribution in [0.1, 0.15) is 20.7 Å². The lowest BCUT2D eigenvalue weighted by molar-refractivity contribution is -0.114. The van der Waals surface area contributed by atoms with E-state index in [0.717, 1.165) is 0 Å². The van der Waals surface area contributed by atoms with Crippen LogP contribution in [0.3, 0.4) is 0 Å². The number of carboxylic acids is 2. The fraction of sp³-hybridized carbons (Fsp3) is 0.111. The number of halogens is 3. The Morgan fingerprint density at radius 1 is 0.793 bits per heavy atom. The van der Waals surface area contributed by atoms with E-state index < -0.39 is 17.2 Å². The molecule has 0 saturated heterocycles. The number of benzene rings is 2. The van der Waals surface area contributed by atoms with Crippen molar-refractivity contribution >= 4 is 69.3 Å². The van der Waals surface area contributed by atoms with E-state index in [1.54, 1.807) is 12.1 Å². The Balaban J connectivity index is 0.000000455. The summed E-state index contributed by atoms with van der Waals surface area (Å²) in [5, 5.41) is 19.0. The lowest BCUT2D eigenvalue weighted by atomic mass is 10.2. The lowest BCUT2D eigenvalue weighted by Gasteiger charge is -2.02. The third kappa shape index (κ3) is 12.3. The Morgan fingerprint density at radius 3 is 1.48 bits per heavy atom. The molecule has 0 aliphatic carbocycles. The summed E-state index contributed by atoms with van der Waals surface area (Å²) in [6.07, 6.45) is 0. The van der Waals surface area contributed by atoms with Gasteiger partial charge in [0.05, 0.1) is 17.0 Å². The van der Waals surface area contributed by atoms with Gasteiger partial charge in [0.15, 0.2) is 0 Å². The van der Waals surface area contributed by atoms with Crippen LogP contribution in [0.15, 0.2) is 48.5 Å². The molecule has 1 amide bonds. The Hall–Kier alpha value is -2.81. The van der Waals surface area contributed by atoms with Crippen molar-refractivity contribution in [1.29, 1.82) is 0 Å². The summed E-state index contributed by atoms with van der Waals surface area (Å²) in [5.74, 6) is -2.47. The van der Waals surface area contributed by atoms with Crippen molar-refractivity contribution in [1.82, 2.24) is 0 Å². The third-order valence-electron chi connectivity index (χ3n) is 2.80. The second kappa shape index (κ2) is 14.2. The van der Waals surface area contributed by atoms with Gasteiger partial charge in [-0.05, 0) is 60.1 Å². The maximum atomic E-state index is 10.8. The summed E-state index contributed by atoms with van der Waals surface area (Å²) in [7, 11) is 0. The molecule has 8 nitrogen and oxygen atoms in total. The van der Waals surface area contributed by atoms with E-state index in [-0.39, 0.29) is 28.8 Å². The quantitative estimate of drug-likeness (QED) is 0.301. The van der Waals surface area contributed by atoms with Gasteiger partial charge in [0, 0.05) is 11.4 Å². The smallest absolute Gasteiger partial charge is 0.335 e. The van der Waals surface area contributed by atoms with Crippen molar-refractivity contribution in [2.24, 2.45) is 0 Å². The van der Waals surface area contributed by atoms with Crippen LogP contribution in [0.25, 0.3) is 0 Å². The van der Waals surface area contributed by atoms with Crippen LogP contribution in [0.4, 0.5) is 11.4 Å². The molecule has 0 atom stereocenters. The highest BCUT2D eigenvalue weighted by atomic mass is 35.5. The van der Waals surface area contributed by atoms with Crippen LogP contribution in [0.2, 0.25) is 0 Å². The van der Waals surface area contributed by atoms with Crippen LogP contribution < -0.4 is 11.1 Å². The molecule has 0 radical (unpaired) electrons. The first kappa shape index (κ1) is 26.2. The molecule has 0 aromatic heterocycles. The van der Waals surface area contributed by atoms with E-state index in [4.69, 9.17) is 50.7 Å². The topological polar surface area (TPSA) is 147 Å². The van der Waals surface area contributed by atoms with Crippen LogP contribution >= 0.6 is 34.8 Å². The standard InChI is InChI=1S/C9H8ClNO3.C7H7NO2.C2H2Cl2O/c10-5-8(12)11-7-3-1-6(2-4-7)9(13)14;8-6-3-1-5(2-4-6)7(9)10;3-1-2(4)5/h1-4H,5H2,(H,11,12)(H,13,14);1-4H,8H2,(H,9,10);1H2. The van der Waals surface area contributed by atoms with Gasteiger partial charge in [-0.1, -0.05) is 0 Å². The molecule has 0 bridgehead atoms. The minimum atomic E-state index is -1.000. The molecule has 29 heavy (non-hydrogen) atoms. The fourth-order valence-corrected chi connectivity index (χ4v) is 1.58. The molecule has 11 heteroatoms. The first-order valence-corrected chi connectivity index (χ1v) is 9.07. The highest BCUT2D eigenvalue weighted by Gasteiger charge is 2.03. The molecule has 5 N–H and O–H groups in total. The Bertz CT molecular complexity index is 826. The van der Waals surface area contributed by atoms with Crippen molar-refractivity contribution in [2.45, 2.75) is 0 Å². The summed E-state index contributed by atoms with van der Waals surface area (Å²) >= 11 is 14.8. The first-order valence-electron chi connectivity index (χ1n) is 7.63. The number of carbonyl (C=O) groups excluding carboxylic acids is 2. The molecule has 156 valence electrons. The second-order valence-electron chi connectivity index (χ2n) is 4.98. The van der Waals surface area contributed by atoms with Gasteiger partial charge in [-0.3, -0.25) is 9.59 Å². The average molecular weight is 464 g/mol. The predicted molar refractivity (Wildman–Crippen MR) is 112 cm³/mol. The van der Waals surface area contributed by atoms with E-state index in [1.807, 2.05) is 0 Å². The summed E-state index contributed by atoms with van der Waals surface area (Å²) in [4.78, 5) is 41.0. The number of nitrogens with two attached hydrogens (primary N) is 1. The van der Waals surface area contributed by atoms with Crippen LogP contribution in [0.5, 0.6) is 0 Å². The number of anilines is 2. The van der Waals surface area contributed by atoms with Crippen LogP contribution in [-0.2, 0) is 9.59 Å². The molecule has 0 unspecified atom stereocenters. The highest BCUT2D eigenvalue weighted by molar-refractivity contribution is 6.67. The third-order valence-corrected chi connectivity index (χ3v) is 3.56. The molecule has 2 aromatic carbocycles. The maximum Gasteiger partial charge on any atom is 0.335 e. The highest BCUT2D eigenvalue weighted by Crippen LogP contribution is 2.09. The second-order valence-corrected chi connectivity index (χ2v) is 5.94.